The zero-order chi connectivity index (χ0) is 20.7. The highest BCUT2D eigenvalue weighted by atomic mass is 35.5. The smallest absolute Gasteiger partial charge is 0.293 e. The van der Waals surface area contributed by atoms with Gasteiger partial charge in [0.1, 0.15) is 12.1 Å². The zero-order valence-electron chi connectivity index (χ0n) is 16.0. The molecule has 0 atom stereocenters. The molecule has 2 aromatic heterocycles. The maximum absolute atomic E-state index is 13.3. The van der Waals surface area contributed by atoms with Gasteiger partial charge in [-0.15, -0.1) is 0 Å². The second-order valence-corrected chi connectivity index (χ2v) is 7.77. The third kappa shape index (κ3) is 3.48. The minimum atomic E-state index is -0.350. The molecule has 0 bridgehead atoms. The number of nitrogens with one attached hydrogen (secondary N) is 1. The molecular formula is C22H18ClN5O2. The van der Waals surface area contributed by atoms with Gasteiger partial charge in [-0.25, -0.2) is 9.36 Å². The lowest BCUT2D eigenvalue weighted by Gasteiger charge is -2.10. The number of rotatable bonds is 5. The summed E-state index contributed by atoms with van der Waals surface area (Å²) in [6.45, 7) is -0.193. The molecule has 1 aliphatic rings. The van der Waals surface area contributed by atoms with Gasteiger partial charge in [-0.3, -0.25) is 9.59 Å². The summed E-state index contributed by atoms with van der Waals surface area (Å²) in [6, 6.07) is 16.3. The SMILES string of the molecule is O=C(Cn1nc(C2CC2)c2cnn(-c3ccccc3)c2c1=O)Nc1cccc(Cl)c1. The Morgan fingerprint density at radius 3 is 2.67 bits per heavy atom. The van der Waals surface area contributed by atoms with E-state index in [0.29, 0.717) is 22.1 Å². The van der Waals surface area contributed by atoms with E-state index < -0.39 is 0 Å². The van der Waals surface area contributed by atoms with E-state index in [-0.39, 0.29) is 18.0 Å². The van der Waals surface area contributed by atoms with E-state index in [1.807, 2.05) is 30.3 Å². The van der Waals surface area contributed by atoms with E-state index in [4.69, 9.17) is 11.6 Å². The lowest BCUT2D eigenvalue weighted by atomic mass is 10.2. The number of halogens is 1. The van der Waals surface area contributed by atoms with E-state index in [2.05, 4.69) is 15.5 Å². The largest absolute Gasteiger partial charge is 0.324 e. The standard InChI is InChI=1S/C22H18ClN5O2/c23-15-5-4-6-16(11-15)25-19(29)13-27-22(30)21-18(20(26-27)14-9-10-14)12-24-28(21)17-7-2-1-3-8-17/h1-8,11-12,14H,9-10,13H2,(H,25,29). The first-order valence-corrected chi connectivity index (χ1v) is 10.1. The highest BCUT2D eigenvalue weighted by molar-refractivity contribution is 6.30. The highest BCUT2D eigenvalue weighted by Crippen LogP contribution is 2.41. The molecule has 1 N–H and O–H groups in total. The minimum Gasteiger partial charge on any atom is -0.324 e. The summed E-state index contributed by atoms with van der Waals surface area (Å²) in [5, 5.41) is 13.0. The summed E-state index contributed by atoms with van der Waals surface area (Å²) in [5.41, 5.74) is 2.26. The summed E-state index contributed by atoms with van der Waals surface area (Å²) < 4.78 is 2.85. The quantitative estimate of drug-likeness (QED) is 0.534. The lowest BCUT2D eigenvalue weighted by Crippen LogP contribution is -2.31. The monoisotopic (exact) mass is 419 g/mol. The number of carbonyl (C=O) groups excluding carboxylic acids is 1. The fourth-order valence-corrected chi connectivity index (χ4v) is 3.72. The Morgan fingerprint density at radius 2 is 1.93 bits per heavy atom. The second kappa shape index (κ2) is 7.42. The van der Waals surface area contributed by atoms with E-state index in [1.54, 1.807) is 35.1 Å². The number of nitrogens with zero attached hydrogens (tertiary/aromatic N) is 4. The Hall–Kier alpha value is -3.45. The van der Waals surface area contributed by atoms with Crippen LogP contribution in [-0.4, -0.2) is 25.5 Å². The van der Waals surface area contributed by atoms with Crippen molar-refractivity contribution >= 4 is 34.1 Å². The molecule has 7 nitrogen and oxygen atoms in total. The average molecular weight is 420 g/mol. The maximum atomic E-state index is 13.3. The van der Waals surface area contributed by atoms with Gasteiger partial charge in [0.25, 0.3) is 5.56 Å². The van der Waals surface area contributed by atoms with Gasteiger partial charge in [-0.1, -0.05) is 35.9 Å². The van der Waals surface area contributed by atoms with Crippen LogP contribution in [0, 0.1) is 0 Å². The predicted molar refractivity (Wildman–Crippen MR) is 115 cm³/mol. The van der Waals surface area contributed by atoms with Crippen molar-refractivity contribution in [2.75, 3.05) is 5.32 Å². The summed E-state index contributed by atoms with van der Waals surface area (Å²) in [4.78, 5) is 25.9. The van der Waals surface area contributed by atoms with Gasteiger partial charge in [-0.05, 0) is 43.2 Å². The molecule has 0 unspecified atom stereocenters. The molecule has 0 saturated heterocycles. The molecule has 1 amide bonds. The van der Waals surface area contributed by atoms with Gasteiger partial charge in [0, 0.05) is 22.0 Å². The molecule has 0 aliphatic heterocycles. The van der Waals surface area contributed by atoms with Gasteiger partial charge >= 0.3 is 0 Å². The van der Waals surface area contributed by atoms with Gasteiger partial charge < -0.3 is 5.32 Å². The Labute approximate surface area is 176 Å². The fourth-order valence-electron chi connectivity index (χ4n) is 3.53. The van der Waals surface area contributed by atoms with Crippen LogP contribution >= 0.6 is 11.6 Å². The maximum Gasteiger partial charge on any atom is 0.293 e. The fraction of sp³-hybridized carbons (Fsp3) is 0.182. The first kappa shape index (κ1) is 18.6. The number of carbonyl (C=O) groups is 1. The third-order valence-electron chi connectivity index (χ3n) is 5.08. The van der Waals surface area contributed by atoms with Crippen molar-refractivity contribution in [2.24, 2.45) is 0 Å². The Bertz CT molecular complexity index is 1310. The first-order valence-electron chi connectivity index (χ1n) is 9.70. The van der Waals surface area contributed by atoms with Crippen molar-refractivity contribution < 1.29 is 4.79 Å². The first-order chi connectivity index (χ1) is 14.6. The van der Waals surface area contributed by atoms with Crippen molar-refractivity contribution in [1.29, 1.82) is 0 Å². The molecule has 1 aliphatic carbocycles. The van der Waals surface area contributed by atoms with Crippen LogP contribution in [0.1, 0.15) is 24.5 Å². The number of fused-ring (bicyclic) bond motifs is 1. The van der Waals surface area contributed by atoms with E-state index in [1.165, 1.54) is 4.68 Å². The average Bonchev–Trinajstić information content (AvgIpc) is 3.48. The Morgan fingerprint density at radius 1 is 1.13 bits per heavy atom. The minimum absolute atomic E-state index is 0.193. The predicted octanol–water partition coefficient (Wildman–Crippen LogP) is 3.75. The van der Waals surface area contributed by atoms with Crippen LogP contribution in [0.3, 0.4) is 0 Å². The normalized spacial score (nSPS) is 13.5. The molecule has 1 fully saturated rings. The van der Waals surface area contributed by atoms with Gasteiger partial charge in [0.15, 0.2) is 0 Å². The van der Waals surface area contributed by atoms with Crippen LogP contribution < -0.4 is 10.9 Å². The van der Waals surface area contributed by atoms with Crippen LogP contribution in [0.5, 0.6) is 0 Å². The molecule has 1 saturated carbocycles. The van der Waals surface area contributed by atoms with Gasteiger partial charge in [0.2, 0.25) is 5.91 Å². The zero-order valence-corrected chi connectivity index (χ0v) is 16.7. The van der Waals surface area contributed by atoms with E-state index in [9.17, 15) is 9.59 Å². The van der Waals surface area contributed by atoms with Crippen LogP contribution in [0.15, 0.2) is 65.6 Å². The van der Waals surface area contributed by atoms with Crippen molar-refractivity contribution in [3.63, 3.8) is 0 Å². The lowest BCUT2D eigenvalue weighted by molar-refractivity contribution is -0.117. The van der Waals surface area contributed by atoms with Gasteiger partial charge in [0.05, 0.1) is 17.6 Å². The summed E-state index contributed by atoms with van der Waals surface area (Å²) >= 11 is 5.98. The molecule has 2 aromatic carbocycles. The second-order valence-electron chi connectivity index (χ2n) is 7.34. The molecule has 0 radical (unpaired) electrons. The molecule has 150 valence electrons. The number of benzene rings is 2. The van der Waals surface area contributed by atoms with Crippen LogP contribution in [0.2, 0.25) is 5.02 Å². The molecule has 30 heavy (non-hydrogen) atoms. The summed E-state index contributed by atoms with van der Waals surface area (Å²) in [7, 11) is 0. The number of hydrogen-bond donors (Lipinski definition) is 1. The molecule has 5 rings (SSSR count). The van der Waals surface area contributed by atoms with E-state index >= 15 is 0 Å². The topological polar surface area (TPSA) is 81.8 Å². The highest BCUT2D eigenvalue weighted by Gasteiger charge is 2.30. The number of amides is 1. The summed E-state index contributed by atoms with van der Waals surface area (Å²) in [5.74, 6) is -0.0532. The number of aromatic nitrogens is 4. The van der Waals surface area contributed by atoms with Crippen molar-refractivity contribution in [2.45, 2.75) is 25.3 Å². The number of anilines is 1. The van der Waals surface area contributed by atoms with Crippen LogP contribution in [-0.2, 0) is 11.3 Å². The summed E-state index contributed by atoms with van der Waals surface area (Å²) in [6.07, 6.45) is 3.73. The van der Waals surface area contributed by atoms with Crippen molar-refractivity contribution in [1.82, 2.24) is 19.6 Å². The van der Waals surface area contributed by atoms with Gasteiger partial charge in [-0.2, -0.15) is 10.2 Å². The molecule has 4 aromatic rings. The third-order valence-corrected chi connectivity index (χ3v) is 5.31. The Kier molecular flexibility index (Phi) is 4.59. The van der Waals surface area contributed by atoms with Crippen molar-refractivity contribution in [3.05, 3.63) is 81.9 Å². The van der Waals surface area contributed by atoms with E-state index in [0.717, 1.165) is 29.6 Å². The molecule has 0 spiro atoms. The van der Waals surface area contributed by atoms with Crippen molar-refractivity contribution in [3.8, 4) is 5.69 Å². The molecule has 8 heteroatoms. The number of para-hydroxylation sites is 1. The molecule has 2 heterocycles. The number of hydrogen-bond acceptors (Lipinski definition) is 4. The van der Waals surface area contributed by atoms with Crippen LogP contribution in [0.25, 0.3) is 16.6 Å². The van der Waals surface area contributed by atoms with Crippen LogP contribution in [0.4, 0.5) is 5.69 Å². The molecular weight excluding hydrogens is 402 g/mol. The Balaban J connectivity index is 1.56.